The maximum atomic E-state index is 9.84. The molecule has 0 spiro atoms. The molecule has 0 rings (SSSR count). The highest BCUT2D eigenvalue weighted by molar-refractivity contribution is 5.59. The van der Waals surface area contributed by atoms with Crippen LogP contribution in [0.25, 0.3) is 0 Å². The molecule has 0 radical (unpaired) electrons. The minimum Gasteiger partial charge on any atom is -0.359 e. The summed E-state index contributed by atoms with van der Waals surface area (Å²) in [5.74, 6) is 0.522. The monoisotopic (exact) mass is 156 g/mol. The normalized spacial score (nSPS) is 13.3. The average molecular weight is 156 g/mol. The van der Waals surface area contributed by atoms with Crippen molar-refractivity contribution in [2.75, 3.05) is 13.6 Å². The number of nitrogens with one attached hydrogen (secondary N) is 1. The molecule has 64 valence electrons. The fourth-order valence-corrected chi connectivity index (χ4v) is 0.914. The second kappa shape index (κ2) is 7.25. The highest BCUT2D eigenvalue weighted by Gasteiger charge is 1.95. The van der Waals surface area contributed by atoms with E-state index >= 15 is 0 Å². The number of hydrogen-bond donors (Lipinski definition) is 1. The topological polar surface area (TPSA) is 41.5 Å². The van der Waals surface area contributed by atoms with Crippen molar-refractivity contribution in [1.82, 2.24) is 5.32 Å². The molecule has 0 aliphatic heterocycles. The summed E-state index contributed by atoms with van der Waals surface area (Å²) in [7, 11) is 1.78. The lowest BCUT2D eigenvalue weighted by Crippen LogP contribution is -2.13. The lowest BCUT2D eigenvalue weighted by Gasteiger charge is -2.03. The van der Waals surface area contributed by atoms with E-state index in [1.807, 2.05) is 6.21 Å². The molecule has 0 aromatic rings. The van der Waals surface area contributed by atoms with Crippen molar-refractivity contribution in [3.8, 4) is 0 Å². The number of aliphatic imine (C=N–C) groups is 1. The molecule has 1 amide bonds. The molecule has 0 aliphatic rings. The van der Waals surface area contributed by atoms with Crippen molar-refractivity contribution >= 4 is 12.6 Å². The second-order valence-electron chi connectivity index (χ2n) is 2.60. The minimum absolute atomic E-state index is 0.522. The highest BCUT2D eigenvalue weighted by Crippen LogP contribution is 2.00. The molecule has 1 unspecified atom stereocenters. The zero-order chi connectivity index (χ0) is 8.53. The van der Waals surface area contributed by atoms with E-state index in [1.54, 1.807) is 7.05 Å². The van der Waals surface area contributed by atoms with Crippen LogP contribution >= 0.6 is 0 Å². The van der Waals surface area contributed by atoms with E-state index in [9.17, 15) is 4.79 Å². The van der Waals surface area contributed by atoms with Crippen molar-refractivity contribution < 1.29 is 4.79 Å². The predicted octanol–water partition coefficient (Wildman–Crippen LogP) is 0.849. The number of amides is 1. The van der Waals surface area contributed by atoms with Gasteiger partial charge in [0.2, 0.25) is 6.41 Å². The summed E-state index contributed by atoms with van der Waals surface area (Å²) in [6.45, 7) is 2.89. The summed E-state index contributed by atoms with van der Waals surface area (Å²) >= 11 is 0. The smallest absolute Gasteiger partial charge is 0.207 e. The zero-order valence-electron chi connectivity index (χ0n) is 7.21. The van der Waals surface area contributed by atoms with E-state index < -0.39 is 0 Å². The van der Waals surface area contributed by atoms with Crippen LogP contribution in [-0.4, -0.2) is 26.2 Å². The molecule has 0 heterocycles. The Morgan fingerprint density at radius 2 is 2.36 bits per heavy atom. The third-order valence-corrected chi connectivity index (χ3v) is 1.47. The van der Waals surface area contributed by atoms with Gasteiger partial charge in [-0.15, -0.1) is 0 Å². The van der Waals surface area contributed by atoms with Gasteiger partial charge < -0.3 is 10.3 Å². The van der Waals surface area contributed by atoms with Crippen LogP contribution in [0.3, 0.4) is 0 Å². The van der Waals surface area contributed by atoms with E-state index in [2.05, 4.69) is 17.2 Å². The molecule has 0 fully saturated rings. The van der Waals surface area contributed by atoms with Gasteiger partial charge in [0.15, 0.2) is 0 Å². The number of nitrogens with zero attached hydrogens (tertiary/aromatic N) is 1. The Kier molecular flexibility index (Phi) is 6.68. The highest BCUT2D eigenvalue weighted by atomic mass is 16.1. The molecule has 0 aliphatic carbocycles. The second-order valence-corrected chi connectivity index (χ2v) is 2.60. The predicted molar refractivity (Wildman–Crippen MR) is 46.9 cm³/mol. The van der Waals surface area contributed by atoms with Crippen LogP contribution < -0.4 is 5.32 Å². The summed E-state index contributed by atoms with van der Waals surface area (Å²) in [6.07, 6.45) is 4.77. The maximum Gasteiger partial charge on any atom is 0.207 e. The van der Waals surface area contributed by atoms with Gasteiger partial charge in [0.05, 0.1) is 0 Å². The van der Waals surface area contributed by atoms with Crippen molar-refractivity contribution in [1.29, 1.82) is 0 Å². The average Bonchev–Trinajstić information content (AvgIpc) is 1.99. The Hall–Kier alpha value is -0.860. The molecule has 11 heavy (non-hydrogen) atoms. The quantitative estimate of drug-likeness (QED) is 0.346. The van der Waals surface area contributed by atoms with Gasteiger partial charge in [-0.1, -0.05) is 6.92 Å². The van der Waals surface area contributed by atoms with E-state index in [0.717, 1.165) is 25.8 Å². The van der Waals surface area contributed by atoms with Gasteiger partial charge >= 0.3 is 0 Å². The van der Waals surface area contributed by atoms with Crippen molar-refractivity contribution in [3.63, 3.8) is 0 Å². The molecule has 0 aromatic heterocycles. The van der Waals surface area contributed by atoms with Crippen molar-refractivity contribution in [3.05, 3.63) is 0 Å². The largest absolute Gasteiger partial charge is 0.359 e. The van der Waals surface area contributed by atoms with Crippen LogP contribution in [-0.2, 0) is 4.79 Å². The van der Waals surface area contributed by atoms with Gasteiger partial charge in [-0.2, -0.15) is 0 Å². The van der Waals surface area contributed by atoms with Gasteiger partial charge in [0, 0.05) is 19.8 Å². The van der Waals surface area contributed by atoms with Crippen LogP contribution in [0.4, 0.5) is 0 Å². The summed E-state index contributed by atoms with van der Waals surface area (Å²) in [6, 6.07) is 0. The van der Waals surface area contributed by atoms with Crippen LogP contribution in [0.2, 0.25) is 0 Å². The van der Waals surface area contributed by atoms with Crippen molar-refractivity contribution in [2.24, 2.45) is 10.9 Å². The van der Waals surface area contributed by atoms with Gasteiger partial charge in [-0.3, -0.25) is 4.79 Å². The molecule has 1 N–H and O–H groups in total. The Balaban J connectivity index is 3.16. The Bertz CT molecular complexity index is 123. The number of carbonyl (C=O) groups excluding carboxylic acids is 1. The Morgan fingerprint density at radius 1 is 1.64 bits per heavy atom. The standard InChI is InChI=1S/C8H16N2O/c1-8(6-9-2)4-3-5-10-7-11/h6-8H,3-5H2,1-2H3,(H,10,11). The van der Waals surface area contributed by atoms with Crippen LogP contribution in [0.5, 0.6) is 0 Å². The first-order chi connectivity index (χ1) is 5.31. The molecule has 0 aromatic carbocycles. The van der Waals surface area contributed by atoms with Gasteiger partial charge in [-0.25, -0.2) is 0 Å². The van der Waals surface area contributed by atoms with Gasteiger partial charge in [0.25, 0.3) is 0 Å². The Morgan fingerprint density at radius 3 is 2.91 bits per heavy atom. The molecule has 0 saturated heterocycles. The zero-order valence-corrected chi connectivity index (χ0v) is 7.21. The molecule has 0 bridgehead atoms. The summed E-state index contributed by atoms with van der Waals surface area (Å²) < 4.78 is 0. The van der Waals surface area contributed by atoms with Gasteiger partial charge in [-0.05, 0) is 18.8 Å². The van der Waals surface area contributed by atoms with E-state index in [-0.39, 0.29) is 0 Å². The first kappa shape index (κ1) is 10.1. The fraction of sp³-hybridized carbons (Fsp3) is 0.750. The van der Waals surface area contributed by atoms with Crippen LogP contribution in [0.15, 0.2) is 4.99 Å². The Labute approximate surface area is 67.9 Å². The van der Waals surface area contributed by atoms with Crippen molar-refractivity contribution in [2.45, 2.75) is 19.8 Å². The molecule has 3 heteroatoms. The summed E-state index contributed by atoms with van der Waals surface area (Å²) in [5, 5.41) is 2.62. The lowest BCUT2D eigenvalue weighted by molar-refractivity contribution is -0.109. The number of carbonyl (C=O) groups is 1. The molecular formula is C8H16N2O. The minimum atomic E-state index is 0.522. The maximum absolute atomic E-state index is 9.84. The van der Waals surface area contributed by atoms with E-state index in [1.165, 1.54) is 0 Å². The number of hydrogen-bond acceptors (Lipinski definition) is 2. The van der Waals surface area contributed by atoms with E-state index in [4.69, 9.17) is 0 Å². The van der Waals surface area contributed by atoms with E-state index in [0.29, 0.717) is 5.92 Å². The third kappa shape index (κ3) is 7.03. The third-order valence-electron chi connectivity index (χ3n) is 1.47. The molecule has 3 nitrogen and oxygen atoms in total. The molecule has 1 atom stereocenters. The van der Waals surface area contributed by atoms with Crippen LogP contribution in [0, 0.1) is 5.92 Å². The first-order valence-corrected chi connectivity index (χ1v) is 3.90. The van der Waals surface area contributed by atoms with Gasteiger partial charge in [0.1, 0.15) is 0 Å². The summed E-state index contributed by atoms with van der Waals surface area (Å²) in [5.41, 5.74) is 0. The first-order valence-electron chi connectivity index (χ1n) is 3.90. The lowest BCUT2D eigenvalue weighted by atomic mass is 10.1. The summed E-state index contributed by atoms with van der Waals surface area (Å²) in [4.78, 5) is 13.8. The van der Waals surface area contributed by atoms with Crippen LogP contribution in [0.1, 0.15) is 19.8 Å². The SMILES string of the molecule is CN=CC(C)CCCNC=O. The molecular weight excluding hydrogens is 140 g/mol. The fourth-order valence-electron chi connectivity index (χ4n) is 0.914. The molecule has 0 saturated carbocycles. The number of rotatable bonds is 6.